The van der Waals surface area contributed by atoms with Gasteiger partial charge in [-0.15, -0.1) is 11.3 Å². The maximum Gasteiger partial charge on any atom is 0.185 e. The summed E-state index contributed by atoms with van der Waals surface area (Å²) in [4.78, 5) is 7.50. The monoisotopic (exact) mass is 261 g/mol. The van der Waals surface area contributed by atoms with E-state index in [2.05, 4.69) is 10.3 Å². The highest BCUT2D eigenvalue weighted by Crippen LogP contribution is 2.19. The Kier molecular flexibility index (Phi) is 5.37. The molecule has 2 atom stereocenters. The Labute approximate surface area is 104 Å². The molecule has 16 heavy (non-hydrogen) atoms. The lowest BCUT2D eigenvalue weighted by molar-refractivity contribution is 0.649. The minimum atomic E-state index is -0.753. The van der Waals surface area contributed by atoms with E-state index in [1.807, 2.05) is 32.1 Å². The minimum absolute atomic E-state index is 0.196. The number of nitrogens with zero attached hydrogens (tertiary/aromatic N) is 2. The van der Waals surface area contributed by atoms with Gasteiger partial charge in [-0.05, 0) is 6.92 Å². The zero-order valence-electron chi connectivity index (χ0n) is 10.2. The molecule has 0 fully saturated rings. The van der Waals surface area contributed by atoms with Gasteiger partial charge in [0.05, 0.1) is 0 Å². The van der Waals surface area contributed by atoms with Crippen molar-refractivity contribution in [3.8, 4) is 0 Å². The molecule has 0 radical (unpaired) electrons. The van der Waals surface area contributed by atoms with Crippen molar-refractivity contribution in [3.63, 3.8) is 0 Å². The van der Waals surface area contributed by atoms with Crippen molar-refractivity contribution in [1.82, 2.24) is 10.3 Å². The molecule has 1 rings (SSSR count). The second-order valence-corrected chi connectivity index (χ2v) is 6.84. The molecule has 1 heterocycles. The van der Waals surface area contributed by atoms with Gasteiger partial charge < -0.3 is 10.2 Å². The van der Waals surface area contributed by atoms with E-state index in [-0.39, 0.29) is 5.25 Å². The summed E-state index contributed by atoms with van der Waals surface area (Å²) in [5.41, 5.74) is 0. The fourth-order valence-electron chi connectivity index (χ4n) is 1.10. The quantitative estimate of drug-likeness (QED) is 0.832. The molecule has 0 aromatic carbocycles. The second-order valence-electron chi connectivity index (χ2n) is 3.94. The van der Waals surface area contributed by atoms with Crippen molar-refractivity contribution in [1.29, 1.82) is 0 Å². The van der Waals surface area contributed by atoms with Gasteiger partial charge in [0.2, 0.25) is 0 Å². The van der Waals surface area contributed by atoms with Crippen molar-refractivity contribution in [3.05, 3.63) is 11.1 Å². The second kappa shape index (κ2) is 6.32. The predicted octanol–water partition coefficient (Wildman–Crippen LogP) is 1.07. The van der Waals surface area contributed by atoms with Crippen molar-refractivity contribution in [2.45, 2.75) is 18.7 Å². The lowest BCUT2D eigenvalue weighted by Crippen LogP contribution is -2.26. The third-order valence-corrected chi connectivity index (χ3v) is 4.69. The van der Waals surface area contributed by atoms with E-state index in [9.17, 15) is 4.21 Å². The molecule has 0 aliphatic rings. The highest BCUT2D eigenvalue weighted by molar-refractivity contribution is 7.84. The Morgan fingerprint density at radius 1 is 1.62 bits per heavy atom. The molecule has 0 saturated heterocycles. The average molecular weight is 261 g/mol. The van der Waals surface area contributed by atoms with Gasteiger partial charge in [0, 0.05) is 60.6 Å². The zero-order valence-corrected chi connectivity index (χ0v) is 11.8. The summed E-state index contributed by atoms with van der Waals surface area (Å²) >= 11 is 1.68. The molecule has 2 unspecified atom stereocenters. The molecule has 1 aromatic heterocycles. The van der Waals surface area contributed by atoms with Crippen LogP contribution in [0, 0.1) is 0 Å². The molecule has 0 bridgehead atoms. The Morgan fingerprint density at radius 2 is 2.31 bits per heavy atom. The smallest absolute Gasteiger partial charge is 0.185 e. The van der Waals surface area contributed by atoms with Gasteiger partial charge in [0.25, 0.3) is 0 Å². The van der Waals surface area contributed by atoms with Crippen molar-refractivity contribution in [2.75, 3.05) is 31.8 Å². The largest absolute Gasteiger partial charge is 0.354 e. The van der Waals surface area contributed by atoms with Gasteiger partial charge in [-0.2, -0.15) is 0 Å². The number of aromatic nitrogens is 1. The van der Waals surface area contributed by atoms with Crippen LogP contribution in [0.25, 0.3) is 0 Å². The third-order valence-electron chi connectivity index (χ3n) is 2.22. The molecule has 0 saturated carbocycles. The summed E-state index contributed by atoms with van der Waals surface area (Å²) < 4.78 is 11.1. The van der Waals surface area contributed by atoms with E-state index in [1.54, 1.807) is 17.6 Å². The fourth-order valence-corrected chi connectivity index (χ4v) is 2.26. The zero-order chi connectivity index (χ0) is 12.1. The van der Waals surface area contributed by atoms with Crippen LogP contribution >= 0.6 is 11.3 Å². The Bertz CT molecular complexity index is 352. The van der Waals surface area contributed by atoms with Crippen LogP contribution in [0.15, 0.2) is 6.20 Å². The molecule has 92 valence electrons. The van der Waals surface area contributed by atoms with Crippen molar-refractivity contribution < 1.29 is 4.21 Å². The number of hydrogen-bond acceptors (Lipinski definition) is 5. The summed E-state index contributed by atoms with van der Waals surface area (Å²) in [7, 11) is 3.22. The third kappa shape index (κ3) is 4.19. The van der Waals surface area contributed by atoms with E-state index < -0.39 is 10.8 Å². The van der Waals surface area contributed by atoms with E-state index in [0.717, 1.165) is 18.2 Å². The van der Waals surface area contributed by atoms with Crippen LogP contribution in [0.4, 0.5) is 5.13 Å². The molecule has 1 N–H and O–H groups in total. The van der Waals surface area contributed by atoms with E-state index in [1.165, 1.54) is 4.88 Å². The lowest BCUT2D eigenvalue weighted by Gasteiger charge is -2.08. The first kappa shape index (κ1) is 13.6. The van der Waals surface area contributed by atoms with Crippen molar-refractivity contribution in [2.24, 2.45) is 0 Å². The summed E-state index contributed by atoms with van der Waals surface area (Å²) in [5.74, 6) is 0. The standard InChI is InChI=1S/C10H19N3OS2/c1-8(16(4)14)5-11-6-9-7-12-10(15-9)13(2)3/h7-8,11H,5-6H2,1-4H3. The van der Waals surface area contributed by atoms with Gasteiger partial charge in [0.15, 0.2) is 5.13 Å². The van der Waals surface area contributed by atoms with Crippen LogP contribution in [0.1, 0.15) is 11.8 Å². The molecule has 0 aliphatic carbocycles. The molecule has 1 aromatic rings. The normalized spacial score (nSPS) is 14.8. The van der Waals surface area contributed by atoms with Gasteiger partial charge >= 0.3 is 0 Å². The number of hydrogen-bond donors (Lipinski definition) is 1. The maximum atomic E-state index is 11.1. The highest BCUT2D eigenvalue weighted by atomic mass is 32.2. The van der Waals surface area contributed by atoms with E-state index in [4.69, 9.17) is 0 Å². The Hall–Kier alpha value is -0.460. The molecule has 0 aliphatic heterocycles. The minimum Gasteiger partial charge on any atom is -0.354 e. The molecule has 6 heteroatoms. The van der Waals surface area contributed by atoms with E-state index >= 15 is 0 Å². The van der Waals surface area contributed by atoms with Crippen LogP contribution in [-0.2, 0) is 17.3 Å². The van der Waals surface area contributed by atoms with Crippen molar-refractivity contribution >= 4 is 27.3 Å². The van der Waals surface area contributed by atoms with Gasteiger partial charge in [-0.3, -0.25) is 4.21 Å². The summed E-state index contributed by atoms with van der Waals surface area (Å²) in [6.45, 7) is 3.56. The summed E-state index contributed by atoms with van der Waals surface area (Å²) in [5, 5.41) is 4.51. The first-order valence-corrected chi connectivity index (χ1v) is 7.59. The van der Waals surface area contributed by atoms with Crippen LogP contribution in [0.5, 0.6) is 0 Å². The number of nitrogens with one attached hydrogen (secondary N) is 1. The SMILES string of the molecule is CC(CNCc1cnc(N(C)C)s1)S(C)=O. The molecular formula is C10H19N3OS2. The highest BCUT2D eigenvalue weighted by Gasteiger charge is 2.06. The number of rotatable bonds is 6. The Morgan fingerprint density at radius 3 is 2.81 bits per heavy atom. The van der Waals surface area contributed by atoms with Crippen LogP contribution < -0.4 is 10.2 Å². The van der Waals surface area contributed by atoms with Crippen LogP contribution in [-0.4, -0.2) is 41.3 Å². The maximum absolute atomic E-state index is 11.1. The number of anilines is 1. The van der Waals surface area contributed by atoms with Gasteiger partial charge in [0.1, 0.15) is 0 Å². The first-order valence-electron chi connectivity index (χ1n) is 5.15. The molecule has 0 amide bonds. The number of thiazole rings is 1. The summed E-state index contributed by atoms with van der Waals surface area (Å²) in [6.07, 6.45) is 3.63. The Balaban J connectivity index is 2.34. The molecule has 4 nitrogen and oxygen atoms in total. The summed E-state index contributed by atoms with van der Waals surface area (Å²) in [6, 6.07) is 0. The predicted molar refractivity (Wildman–Crippen MR) is 71.7 cm³/mol. The molecule has 0 spiro atoms. The first-order chi connectivity index (χ1) is 7.50. The van der Waals surface area contributed by atoms with Gasteiger partial charge in [-0.1, -0.05) is 0 Å². The van der Waals surface area contributed by atoms with E-state index in [0.29, 0.717) is 0 Å². The van der Waals surface area contributed by atoms with Gasteiger partial charge in [-0.25, -0.2) is 4.98 Å². The van der Waals surface area contributed by atoms with Crippen LogP contribution in [0.2, 0.25) is 0 Å². The topological polar surface area (TPSA) is 45.2 Å². The molecular weight excluding hydrogens is 242 g/mol. The lowest BCUT2D eigenvalue weighted by atomic mass is 10.4. The fraction of sp³-hybridized carbons (Fsp3) is 0.700. The van der Waals surface area contributed by atoms with Crippen LogP contribution in [0.3, 0.4) is 0 Å². The average Bonchev–Trinajstić information content (AvgIpc) is 2.66.